The maximum absolute atomic E-state index is 12.7. The van der Waals surface area contributed by atoms with Gasteiger partial charge in [-0.2, -0.15) is 0 Å². The molecule has 136 valence electrons. The number of rotatable bonds is 5. The SMILES string of the molecule is COc1ccccc1NC(=O)c1cc(N2CCOCC2)ccc1[N+](=O)[O-]. The van der Waals surface area contributed by atoms with Crippen LogP contribution in [0.1, 0.15) is 10.4 Å². The lowest BCUT2D eigenvalue weighted by molar-refractivity contribution is -0.385. The standard InChI is InChI=1S/C18H19N3O5/c1-25-17-5-3-2-4-15(17)19-18(22)14-12-13(6-7-16(14)21(23)24)20-8-10-26-11-9-20/h2-7,12H,8-11H2,1H3,(H,19,22). The highest BCUT2D eigenvalue weighted by molar-refractivity contribution is 6.08. The second-order valence-electron chi connectivity index (χ2n) is 5.71. The number of carbonyl (C=O) groups is 1. The van der Waals surface area contributed by atoms with Crippen molar-refractivity contribution in [2.45, 2.75) is 0 Å². The van der Waals surface area contributed by atoms with Crippen LogP contribution in [0.15, 0.2) is 42.5 Å². The first-order valence-electron chi connectivity index (χ1n) is 8.15. The number of ether oxygens (including phenoxy) is 2. The molecule has 8 heteroatoms. The van der Waals surface area contributed by atoms with Gasteiger partial charge in [-0.15, -0.1) is 0 Å². The number of para-hydroxylation sites is 2. The van der Waals surface area contributed by atoms with E-state index in [0.29, 0.717) is 37.7 Å². The number of anilines is 2. The molecule has 0 bridgehead atoms. The van der Waals surface area contributed by atoms with Crippen LogP contribution < -0.4 is 15.0 Å². The van der Waals surface area contributed by atoms with Crippen molar-refractivity contribution in [1.82, 2.24) is 0 Å². The molecule has 0 aliphatic carbocycles. The molecular weight excluding hydrogens is 338 g/mol. The highest BCUT2D eigenvalue weighted by atomic mass is 16.6. The second kappa shape index (κ2) is 7.83. The number of morpholine rings is 1. The highest BCUT2D eigenvalue weighted by Gasteiger charge is 2.23. The summed E-state index contributed by atoms with van der Waals surface area (Å²) < 4.78 is 10.5. The van der Waals surface area contributed by atoms with Crippen molar-refractivity contribution >= 4 is 23.0 Å². The molecule has 1 aliphatic heterocycles. The van der Waals surface area contributed by atoms with E-state index in [0.717, 1.165) is 5.69 Å². The number of benzene rings is 2. The van der Waals surface area contributed by atoms with E-state index in [1.54, 1.807) is 36.4 Å². The third-order valence-corrected chi connectivity index (χ3v) is 4.15. The smallest absolute Gasteiger partial charge is 0.282 e. The van der Waals surface area contributed by atoms with E-state index in [1.807, 2.05) is 4.90 Å². The molecule has 1 saturated heterocycles. The summed E-state index contributed by atoms with van der Waals surface area (Å²) in [4.78, 5) is 25.6. The summed E-state index contributed by atoms with van der Waals surface area (Å²) in [5.41, 5.74) is 0.967. The fraction of sp³-hybridized carbons (Fsp3) is 0.278. The molecule has 26 heavy (non-hydrogen) atoms. The van der Waals surface area contributed by atoms with Gasteiger partial charge in [0.15, 0.2) is 0 Å². The number of amides is 1. The Labute approximate surface area is 150 Å². The number of nitrogens with zero attached hydrogens (tertiary/aromatic N) is 2. The first-order valence-corrected chi connectivity index (χ1v) is 8.15. The van der Waals surface area contributed by atoms with Gasteiger partial charge in [-0.05, 0) is 24.3 Å². The molecule has 1 aliphatic rings. The van der Waals surface area contributed by atoms with E-state index < -0.39 is 10.8 Å². The summed E-state index contributed by atoms with van der Waals surface area (Å²) in [7, 11) is 1.49. The fourth-order valence-electron chi connectivity index (χ4n) is 2.82. The molecule has 0 aromatic heterocycles. The van der Waals surface area contributed by atoms with Crippen molar-refractivity contribution in [1.29, 1.82) is 0 Å². The second-order valence-corrected chi connectivity index (χ2v) is 5.71. The van der Waals surface area contributed by atoms with Crippen LogP contribution in [0.2, 0.25) is 0 Å². The molecule has 1 fully saturated rings. The van der Waals surface area contributed by atoms with Gasteiger partial charge in [0, 0.05) is 24.8 Å². The molecule has 0 saturated carbocycles. The fourth-order valence-corrected chi connectivity index (χ4v) is 2.82. The number of hydrogen-bond donors (Lipinski definition) is 1. The molecule has 0 unspecified atom stereocenters. The molecule has 3 rings (SSSR count). The minimum absolute atomic E-state index is 0.00454. The molecule has 1 N–H and O–H groups in total. The van der Waals surface area contributed by atoms with E-state index in [4.69, 9.17) is 9.47 Å². The Morgan fingerprint density at radius 1 is 1.23 bits per heavy atom. The van der Waals surface area contributed by atoms with E-state index in [1.165, 1.54) is 13.2 Å². The van der Waals surface area contributed by atoms with Gasteiger partial charge in [0.1, 0.15) is 11.3 Å². The van der Waals surface area contributed by atoms with Crippen molar-refractivity contribution < 1.29 is 19.2 Å². The van der Waals surface area contributed by atoms with E-state index in [-0.39, 0.29) is 11.3 Å². The van der Waals surface area contributed by atoms with Crippen LogP contribution >= 0.6 is 0 Å². The summed E-state index contributed by atoms with van der Waals surface area (Å²) in [5, 5.41) is 14.0. The number of nitrogens with one attached hydrogen (secondary N) is 1. The zero-order valence-corrected chi connectivity index (χ0v) is 14.3. The van der Waals surface area contributed by atoms with Gasteiger partial charge in [0.05, 0.1) is 30.9 Å². The number of hydrogen-bond acceptors (Lipinski definition) is 6. The van der Waals surface area contributed by atoms with Crippen molar-refractivity contribution in [3.8, 4) is 5.75 Å². The quantitative estimate of drug-likeness (QED) is 0.653. The predicted molar refractivity (Wildman–Crippen MR) is 97.1 cm³/mol. The van der Waals surface area contributed by atoms with Crippen LogP contribution in [0.4, 0.5) is 17.1 Å². The Morgan fingerprint density at radius 2 is 1.96 bits per heavy atom. The zero-order chi connectivity index (χ0) is 18.5. The summed E-state index contributed by atoms with van der Waals surface area (Å²) >= 11 is 0. The maximum Gasteiger partial charge on any atom is 0.282 e. The van der Waals surface area contributed by atoms with Crippen LogP contribution in [0.5, 0.6) is 5.75 Å². The molecule has 0 radical (unpaired) electrons. The molecule has 2 aromatic carbocycles. The highest BCUT2D eigenvalue weighted by Crippen LogP contribution is 2.28. The number of nitro benzene ring substituents is 1. The van der Waals surface area contributed by atoms with Crippen LogP contribution in [-0.2, 0) is 4.74 Å². The monoisotopic (exact) mass is 357 g/mol. The average molecular weight is 357 g/mol. The minimum Gasteiger partial charge on any atom is -0.495 e. The van der Waals surface area contributed by atoms with Crippen molar-refractivity contribution in [3.63, 3.8) is 0 Å². The van der Waals surface area contributed by atoms with Gasteiger partial charge in [-0.1, -0.05) is 12.1 Å². The van der Waals surface area contributed by atoms with E-state index >= 15 is 0 Å². The molecule has 8 nitrogen and oxygen atoms in total. The lowest BCUT2D eigenvalue weighted by atomic mass is 10.1. The third kappa shape index (κ3) is 3.75. The Hall–Kier alpha value is -3.13. The summed E-state index contributed by atoms with van der Waals surface area (Å²) in [6, 6.07) is 11.5. The maximum atomic E-state index is 12.7. The van der Waals surface area contributed by atoms with Gasteiger partial charge >= 0.3 is 0 Å². The summed E-state index contributed by atoms with van der Waals surface area (Å²) in [6.45, 7) is 2.51. The molecular formula is C18H19N3O5. The number of carbonyl (C=O) groups excluding carboxylic acids is 1. The number of methoxy groups -OCH3 is 1. The summed E-state index contributed by atoms with van der Waals surface area (Å²) in [5.74, 6) is -0.0795. The average Bonchev–Trinajstić information content (AvgIpc) is 2.68. The molecule has 0 spiro atoms. The molecule has 0 atom stereocenters. The lowest BCUT2D eigenvalue weighted by Crippen LogP contribution is -2.36. The lowest BCUT2D eigenvalue weighted by Gasteiger charge is -2.29. The first-order chi connectivity index (χ1) is 12.6. The number of nitro groups is 1. The van der Waals surface area contributed by atoms with Crippen LogP contribution in [-0.4, -0.2) is 44.2 Å². The Balaban J connectivity index is 1.92. The predicted octanol–water partition coefficient (Wildman–Crippen LogP) is 2.69. The molecule has 1 heterocycles. The topological polar surface area (TPSA) is 93.9 Å². The van der Waals surface area contributed by atoms with Crippen LogP contribution in [0, 0.1) is 10.1 Å². The Kier molecular flexibility index (Phi) is 5.33. The van der Waals surface area contributed by atoms with Crippen LogP contribution in [0.3, 0.4) is 0 Å². The van der Waals surface area contributed by atoms with Gasteiger partial charge < -0.3 is 19.7 Å². The summed E-state index contributed by atoms with van der Waals surface area (Å²) in [6.07, 6.45) is 0. The zero-order valence-electron chi connectivity index (χ0n) is 14.3. The normalized spacial score (nSPS) is 14.0. The largest absolute Gasteiger partial charge is 0.495 e. The van der Waals surface area contributed by atoms with Gasteiger partial charge in [0.2, 0.25) is 0 Å². The van der Waals surface area contributed by atoms with Gasteiger partial charge in [-0.25, -0.2) is 0 Å². The van der Waals surface area contributed by atoms with Crippen molar-refractivity contribution in [2.24, 2.45) is 0 Å². The first kappa shape index (κ1) is 17.7. The van der Waals surface area contributed by atoms with Crippen molar-refractivity contribution in [2.75, 3.05) is 43.6 Å². The van der Waals surface area contributed by atoms with Crippen LogP contribution in [0.25, 0.3) is 0 Å². The Bertz CT molecular complexity index is 818. The van der Waals surface area contributed by atoms with Gasteiger partial charge in [0.25, 0.3) is 11.6 Å². The van der Waals surface area contributed by atoms with Crippen molar-refractivity contribution in [3.05, 3.63) is 58.1 Å². The Morgan fingerprint density at radius 3 is 2.65 bits per heavy atom. The third-order valence-electron chi connectivity index (χ3n) is 4.15. The minimum atomic E-state index is -0.559. The molecule has 2 aromatic rings. The van der Waals surface area contributed by atoms with Gasteiger partial charge in [-0.3, -0.25) is 14.9 Å². The van der Waals surface area contributed by atoms with E-state index in [2.05, 4.69) is 5.32 Å². The van der Waals surface area contributed by atoms with E-state index in [9.17, 15) is 14.9 Å². The molecule has 1 amide bonds.